The van der Waals surface area contributed by atoms with Crippen LogP contribution in [0.1, 0.15) is 28.7 Å². The molecule has 1 fully saturated rings. The van der Waals surface area contributed by atoms with Gasteiger partial charge in [-0.05, 0) is 78.9 Å². The van der Waals surface area contributed by atoms with Crippen molar-refractivity contribution < 1.29 is 29.4 Å². The minimum atomic E-state index is -1.26. The first-order valence-corrected chi connectivity index (χ1v) is 17.8. The van der Waals surface area contributed by atoms with Gasteiger partial charge in [0.25, 0.3) is 0 Å². The fraction of sp³-hybridized carbons (Fsp3) is 0.231. The van der Waals surface area contributed by atoms with E-state index in [4.69, 9.17) is 10.2 Å². The zero-order chi connectivity index (χ0) is 35.3. The number of carbonyl (C=O) groups excluding carboxylic acids is 2. The van der Waals surface area contributed by atoms with E-state index in [0.717, 1.165) is 25.1 Å². The minimum absolute atomic E-state index is 0.127. The third-order valence-corrected chi connectivity index (χ3v) is 10.2. The van der Waals surface area contributed by atoms with Crippen molar-refractivity contribution in [3.05, 3.63) is 138 Å². The van der Waals surface area contributed by atoms with E-state index in [-0.39, 0.29) is 17.5 Å². The number of hydrogen-bond donors (Lipinski definition) is 2. The van der Waals surface area contributed by atoms with Crippen LogP contribution in [0.3, 0.4) is 0 Å². The van der Waals surface area contributed by atoms with Crippen molar-refractivity contribution in [1.29, 1.82) is 0 Å². The number of aliphatic carboxylic acids is 2. The van der Waals surface area contributed by atoms with Gasteiger partial charge in [-0.3, -0.25) is 14.5 Å². The summed E-state index contributed by atoms with van der Waals surface area (Å²) in [6, 6.07) is 26.0. The summed E-state index contributed by atoms with van der Waals surface area (Å²) in [4.78, 5) is 51.6. The highest BCUT2D eigenvalue weighted by Crippen LogP contribution is 2.44. The zero-order valence-corrected chi connectivity index (χ0v) is 29.2. The SMILES string of the molecule is C=CC(C1=CC(=O)C=CC1=O)c1ccccc1.CSc1ccc2c(c1)C(N1CCN(C)CC1)Cc1ccccc1S2.O=C(O)C=CC(=O)O. The average Bonchev–Trinajstić information content (AvgIpc) is 3.27. The molecular formula is C39H40N2O6S2. The van der Waals surface area contributed by atoms with Crippen molar-refractivity contribution in [2.24, 2.45) is 0 Å². The predicted octanol–water partition coefficient (Wildman–Crippen LogP) is 6.71. The third kappa shape index (κ3) is 10.8. The van der Waals surface area contributed by atoms with Crippen LogP contribution in [-0.4, -0.2) is 83.0 Å². The van der Waals surface area contributed by atoms with Gasteiger partial charge in [-0.25, -0.2) is 9.59 Å². The molecule has 2 atom stereocenters. The molecule has 2 heterocycles. The van der Waals surface area contributed by atoms with E-state index in [9.17, 15) is 19.2 Å². The molecular weight excluding hydrogens is 657 g/mol. The molecule has 1 saturated heterocycles. The van der Waals surface area contributed by atoms with Crippen LogP contribution in [0.2, 0.25) is 0 Å². The maximum Gasteiger partial charge on any atom is 0.328 e. The number of allylic oxidation sites excluding steroid dienone is 5. The van der Waals surface area contributed by atoms with Crippen LogP contribution in [0, 0.1) is 0 Å². The lowest BCUT2D eigenvalue weighted by Gasteiger charge is -2.38. The summed E-state index contributed by atoms with van der Waals surface area (Å²) < 4.78 is 0. The molecule has 8 nitrogen and oxygen atoms in total. The third-order valence-electron chi connectivity index (χ3n) is 8.24. The van der Waals surface area contributed by atoms with Gasteiger partial charge < -0.3 is 15.1 Å². The highest BCUT2D eigenvalue weighted by Gasteiger charge is 2.29. The molecule has 3 aromatic rings. The maximum absolute atomic E-state index is 11.8. The Balaban J connectivity index is 0.000000189. The first-order chi connectivity index (χ1) is 23.6. The van der Waals surface area contributed by atoms with E-state index < -0.39 is 11.9 Å². The highest BCUT2D eigenvalue weighted by atomic mass is 32.2. The minimum Gasteiger partial charge on any atom is -0.478 e. The normalized spacial score (nSPS) is 18.0. The molecule has 0 bridgehead atoms. The number of piperazine rings is 1. The van der Waals surface area contributed by atoms with Gasteiger partial charge in [0.2, 0.25) is 0 Å². The van der Waals surface area contributed by atoms with E-state index in [1.54, 1.807) is 6.08 Å². The van der Waals surface area contributed by atoms with Crippen LogP contribution in [0.15, 0.2) is 136 Å². The quantitative estimate of drug-likeness (QED) is 0.120. The van der Waals surface area contributed by atoms with Gasteiger partial charge in [0, 0.05) is 70.6 Å². The van der Waals surface area contributed by atoms with Crippen LogP contribution >= 0.6 is 23.5 Å². The summed E-state index contributed by atoms with van der Waals surface area (Å²) in [6.45, 7) is 8.41. The van der Waals surface area contributed by atoms with Gasteiger partial charge >= 0.3 is 11.9 Å². The second kappa shape index (κ2) is 18.3. The van der Waals surface area contributed by atoms with Crippen molar-refractivity contribution in [2.75, 3.05) is 39.5 Å². The molecule has 2 unspecified atom stereocenters. The lowest BCUT2D eigenvalue weighted by molar-refractivity contribution is -0.134. The van der Waals surface area contributed by atoms with Crippen molar-refractivity contribution in [3.63, 3.8) is 0 Å². The van der Waals surface area contributed by atoms with E-state index in [2.05, 4.69) is 72.1 Å². The molecule has 254 valence electrons. The summed E-state index contributed by atoms with van der Waals surface area (Å²) in [7, 11) is 2.23. The van der Waals surface area contributed by atoms with Crippen LogP contribution in [0.5, 0.6) is 0 Å². The Labute approximate surface area is 295 Å². The summed E-state index contributed by atoms with van der Waals surface area (Å²) in [5.74, 6) is -3.02. The first kappa shape index (κ1) is 37.3. The number of carbonyl (C=O) groups is 4. The standard InChI is InChI=1S/C20H24N2S2.C15H12O2.C4H4O4/c1-21-9-11-22(12-10-21)18-13-15-5-3-4-6-19(15)24-20-8-7-16(23-2)14-17(18)20;1-2-13(11-6-4-3-5-7-11)14-10-12(16)8-9-15(14)17;5-3(6)1-2-4(7)8/h3-8,14,18H,9-13H2,1-2H3;2-10,13H,1H2;1-2H,(H,5,6)(H,7,8). The fourth-order valence-electron chi connectivity index (χ4n) is 5.69. The largest absolute Gasteiger partial charge is 0.478 e. The Morgan fingerprint density at radius 2 is 1.55 bits per heavy atom. The van der Waals surface area contributed by atoms with Crippen molar-refractivity contribution >= 4 is 47.0 Å². The van der Waals surface area contributed by atoms with Gasteiger partial charge in [-0.1, -0.05) is 66.4 Å². The Morgan fingerprint density at radius 3 is 2.18 bits per heavy atom. The molecule has 3 aliphatic rings. The average molecular weight is 697 g/mol. The Morgan fingerprint density at radius 1 is 0.898 bits per heavy atom. The number of carboxylic acids is 2. The fourth-order valence-corrected chi connectivity index (χ4v) is 7.25. The summed E-state index contributed by atoms with van der Waals surface area (Å²) in [5, 5.41) is 15.6. The Kier molecular flexibility index (Phi) is 14.0. The lowest BCUT2D eigenvalue weighted by Crippen LogP contribution is -2.46. The molecule has 0 amide bonds. The number of benzene rings is 3. The molecule has 0 aromatic heterocycles. The Hall–Kier alpha value is -4.48. The maximum atomic E-state index is 11.8. The van der Waals surface area contributed by atoms with Crippen molar-refractivity contribution in [2.45, 2.75) is 33.1 Å². The molecule has 2 N–H and O–H groups in total. The van der Waals surface area contributed by atoms with Crippen LogP contribution in [0.25, 0.3) is 0 Å². The molecule has 49 heavy (non-hydrogen) atoms. The van der Waals surface area contributed by atoms with Crippen LogP contribution in [-0.2, 0) is 25.6 Å². The number of rotatable bonds is 7. The van der Waals surface area contributed by atoms with E-state index in [1.807, 2.05) is 53.9 Å². The molecule has 0 radical (unpaired) electrons. The molecule has 10 heteroatoms. The van der Waals surface area contributed by atoms with Crippen LogP contribution in [0.4, 0.5) is 0 Å². The summed E-state index contributed by atoms with van der Waals surface area (Å²) in [6.07, 6.45) is 10.1. The molecule has 0 saturated carbocycles. The van der Waals surface area contributed by atoms with Crippen molar-refractivity contribution in [1.82, 2.24) is 9.80 Å². The molecule has 1 aliphatic carbocycles. The molecule has 6 rings (SSSR count). The van der Waals surface area contributed by atoms with E-state index in [1.165, 1.54) is 57.1 Å². The number of likely N-dealkylation sites (N-methyl/N-ethyl adjacent to an activating group) is 1. The van der Waals surface area contributed by atoms with Crippen molar-refractivity contribution in [3.8, 4) is 0 Å². The number of thioether (sulfide) groups is 1. The summed E-state index contributed by atoms with van der Waals surface area (Å²) in [5.41, 5.74) is 4.46. The monoisotopic (exact) mass is 696 g/mol. The van der Waals surface area contributed by atoms with Gasteiger partial charge in [-0.2, -0.15) is 0 Å². The number of hydrogen-bond acceptors (Lipinski definition) is 8. The number of ketones is 2. The zero-order valence-electron chi connectivity index (χ0n) is 27.5. The topological polar surface area (TPSA) is 115 Å². The van der Waals surface area contributed by atoms with E-state index in [0.29, 0.717) is 23.8 Å². The smallest absolute Gasteiger partial charge is 0.328 e. The van der Waals surface area contributed by atoms with E-state index >= 15 is 0 Å². The number of fused-ring (bicyclic) bond motifs is 2. The molecule has 2 aliphatic heterocycles. The Bertz CT molecular complexity index is 1740. The van der Waals surface area contributed by atoms with Gasteiger partial charge in [0.15, 0.2) is 11.6 Å². The van der Waals surface area contributed by atoms with Gasteiger partial charge in [0.1, 0.15) is 0 Å². The second-order valence-corrected chi connectivity index (χ2v) is 13.5. The second-order valence-electron chi connectivity index (χ2n) is 11.5. The number of nitrogens with zero attached hydrogens (tertiary/aromatic N) is 2. The van der Waals surface area contributed by atoms with Crippen LogP contribution < -0.4 is 0 Å². The highest BCUT2D eigenvalue weighted by molar-refractivity contribution is 7.99. The first-order valence-electron chi connectivity index (χ1n) is 15.7. The van der Waals surface area contributed by atoms with Gasteiger partial charge in [0.05, 0.1) is 0 Å². The van der Waals surface area contributed by atoms with Gasteiger partial charge in [-0.15, -0.1) is 18.3 Å². The lowest BCUT2D eigenvalue weighted by atomic mass is 9.86. The summed E-state index contributed by atoms with van der Waals surface area (Å²) >= 11 is 3.79. The molecule has 0 spiro atoms. The predicted molar refractivity (Wildman–Crippen MR) is 195 cm³/mol. The molecule has 3 aromatic carbocycles. The number of carboxylic acid groups (broad SMARTS) is 2.